The molecule has 9 heteroatoms. The van der Waals surface area contributed by atoms with Crippen molar-refractivity contribution >= 4 is 0 Å². The van der Waals surface area contributed by atoms with Crippen LogP contribution in [0.3, 0.4) is 0 Å². The molecule has 0 fully saturated rings. The van der Waals surface area contributed by atoms with E-state index in [0.717, 1.165) is 0 Å². The second-order valence-electron chi connectivity index (χ2n) is 3.79. The zero-order valence-corrected chi connectivity index (χ0v) is 9.89. The SMILES string of the molecule is N#CCc1c(F)nc(-c2c(F)c(F)cc(F)c2F)nc1F. The zero-order chi connectivity index (χ0) is 15.7. The molecule has 108 valence electrons. The maximum Gasteiger partial charge on any atom is 0.223 e. The van der Waals surface area contributed by atoms with Crippen LogP contribution in [0.1, 0.15) is 5.56 Å². The Balaban J connectivity index is 2.72. The fourth-order valence-corrected chi connectivity index (χ4v) is 1.54. The van der Waals surface area contributed by atoms with Gasteiger partial charge in [0.15, 0.2) is 29.1 Å². The Labute approximate surface area is 113 Å². The highest BCUT2D eigenvalue weighted by atomic mass is 19.2. The number of benzene rings is 1. The number of aromatic nitrogens is 2. The molecule has 2 rings (SSSR count). The third kappa shape index (κ3) is 2.52. The van der Waals surface area contributed by atoms with Crippen molar-refractivity contribution in [3.8, 4) is 17.5 Å². The number of hydrogen-bond acceptors (Lipinski definition) is 3. The summed E-state index contributed by atoms with van der Waals surface area (Å²) in [4.78, 5) is 5.89. The summed E-state index contributed by atoms with van der Waals surface area (Å²) in [7, 11) is 0. The van der Waals surface area contributed by atoms with E-state index in [4.69, 9.17) is 5.26 Å². The highest BCUT2D eigenvalue weighted by Gasteiger charge is 2.25. The van der Waals surface area contributed by atoms with E-state index in [-0.39, 0.29) is 6.07 Å². The first-order valence-corrected chi connectivity index (χ1v) is 5.29. The first-order valence-electron chi connectivity index (χ1n) is 5.29. The topological polar surface area (TPSA) is 49.6 Å². The minimum atomic E-state index is -1.89. The second-order valence-corrected chi connectivity index (χ2v) is 3.79. The fraction of sp³-hybridized carbons (Fsp3) is 0.0833. The number of nitrogens with zero attached hydrogens (tertiary/aromatic N) is 3. The molecule has 0 saturated heterocycles. The van der Waals surface area contributed by atoms with Crippen molar-refractivity contribution in [2.45, 2.75) is 6.42 Å². The van der Waals surface area contributed by atoms with Crippen LogP contribution in [0.2, 0.25) is 0 Å². The molecule has 1 heterocycles. The lowest BCUT2D eigenvalue weighted by Crippen LogP contribution is -2.07. The monoisotopic (exact) mass is 303 g/mol. The standard InChI is InChI=1S/C12H3F6N3/c13-5-3-6(14)9(16)7(8(5)15)12-20-10(17)4(1-2-19)11(18)21-12/h3H,1H2. The molecule has 0 bridgehead atoms. The maximum atomic E-state index is 13.5. The predicted octanol–water partition coefficient (Wildman–Crippen LogP) is 3.04. The van der Waals surface area contributed by atoms with Gasteiger partial charge in [-0.15, -0.1) is 0 Å². The van der Waals surface area contributed by atoms with Crippen molar-refractivity contribution in [1.29, 1.82) is 5.26 Å². The smallest absolute Gasteiger partial charge is 0.204 e. The molecular formula is C12H3F6N3. The number of rotatable bonds is 2. The van der Waals surface area contributed by atoms with E-state index in [9.17, 15) is 26.3 Å². The summed E-state index contributed by atoms with van der Waals surface area (Å²) in [5.41, 5.74) is -2.26. The summed E-state index contributed by atoms with van der Waals surface area (Å²) in [6.45, 7) is 0. The molecule has 3 nitrogen and oxygen atoms in total. The Kier molecular flexibility index (Phi) is 3.80. The van der Waals surface area contributed by atoms with Gasteiger partial charge in [0.2, 0.25) is 11.9 Å². The van der Waals surface area contributed by atoms with Gasteiger partial charge in [-0.05, 0) is 0 Å². The number of hydrogen-bond donors (Lipinski definition) is 0. The molecule has 0 atom stereocenters. The first kappa shape index (κ1) is 14.8. The molecule has 0 saturated carbocycles. The largest absolute Gasteiger partial charge is 0.223 e. The van der Waals surface area contributed by atoms with Gasteiger partial charge in [-0.2, -0.15) is 24.0 Å². The van der Waals surface area contributed by atoms with Crippen molar-refractivity contribution in [2.75, 3.05) is 0 Å². The van der Waals surface area contributed by atoms with Crippen molar-refractivity contribution in [2.24, 2.45) is 0 Å². The Morgan fingerprint density at radius 1 is 0.905 bits per heavy atom. The summed E-state index contributed by atoms with van der Waals surface area (Å²) in [6, 6.07) is 1.37. The molecule has 1 aromatic heterocycles. The Morgan fingerprint density at radius 2 is 1.38 bits per heavy atom. The van der Waals surface area contributed by atoms with Crippen LogP contribution < -0.4 is 0 Å². The molecular weight excluding hydrogens is 300 g/mol. The van der Waals surface area contributed by atoms with Crippen LogP contribution in [0.25, 0.3) is 11.4 Å². The number of nitriles is 1. The fourth-order valence-electron chi connectivity index (χ4n) is 1.54. The number of halogens is 6. The zero-order valence-electron chi connectivity index (χ0n) is 9.89. The van der Waals surface area contributed by atoms with E-state index < -0.39 is 58.5 Å². The highest BCUT2D eigenvalue weighted by Crippen LogP contribution is 2.28. The molecule has 21 heavy (non-hydrogen) atoms. The first-order chi connectivity index (χ1) is 9.86. The van der Waals surface area contributed by atoms with Crippen LogP contribution in [0.4, 0.5) is 26.3 Å². The van der Waals surface area contributed by atoms with Crippen LogP contribution >= 0.6 is 0 Å². The Bertz CT molecular complexity index is 719. The Hall–Kier alpha value is -2.63. The molecule has 0 amide bonds. The van der Waals surface area contributed by atoms with Gasteiger partial charge in [-0.25, -0.2) is 17.6 Å². The molecule has 0 aliphatic rings. The third-order valence-electron chi connectivity index (χ3n) is 2.50. The summed E-state index contributed by atoms with van der Waals surface area (Å²) in [5, 5.41) is 8.36. The van der Waals surface area contributed by atoms with E-state index in [0.29, 0.717) is 0 Å². The lowest BCUT2D eigenvalue weighted by atomic mass is 10.1. The molecule has 1 aromatic carbocycles. The summed E-state index contributed by atoms with van der Waals surface area (Å²) in [5.74, 6) is -11.6. The van der Waals surface area contributed by atoms with E-state index >= 15 is 0 Å². The van der Waals surface area contributed by atoms with Gasteiger partial charge in [-0.3, -0.25) is 0 Å². The van der Waals surface area contributed by atoms with Gasteiger partial charge < -0.3 is 0 Å². The summed E-state index contributed by atoms with van der Waals surface area (Å²) < 4.78 is 80.0. The van der Waals surface area contributed by atoms with Crippen molar-refractivity contribution in [3.63, 3.8) is 0 Å². The van der Waals surface area contributed by atoms with Crippen LogP contribution in [-0.4, -0.2) is 9.97 Å². The third-order valence-corrected chi connectivity index (χ3v) is 2.50. The van der Waals surface area contributed by atoms with Gasteiger partial charge in [-0.1, -0.05) is 0 Å². The average molecular weight is 303 g/mol. The second kappa shape index (κ2) is 5.40. The van der Waals surface area contributed by atoms with Crippen LogP contribution in [-0.2, 0) is 6.42 Å². The van der Waals surface area contributed by atoms with Gasteiger partial charge in [0, 0.05) is 6.07 Å². The Morgan fingerprint density at radius 3 is 1.81 bits per heavy atom. The van der Waals surface area contributed by atoms with Gasteiger partial charge >= 0.3 is 0 Å². The van der Waals surface area contributed by atoms with E-state index in [2.05, 4.69) is 9.97 Å². The lowest BCUT2D eigenvalue weighted by Gasteiger charge is -2.07. The van der Waals surface area contributed by atoms with E-state index in [1.165, 1.54) is 6.07 Å². The average Bonchev–Trinajstić information content (AvgIpc) is 2.41. The van der Waals surface area contributed by atoms with Gasteiger partial charge in [0.25, 0.3) is 0 Å². The molecule has 0 aliphatic carbocycles. The predicted molar refractivity (Wildman–Crippen MR) is 56.5 cm³/mol. The molecule has 0 N–H and O–H groups in total. The molecule has 2 aromatic rings. The highest BCUT2D eigenvalue weighted by molar-refractivity contribution is 5.57. The minimum Gasteiger partial charge on any atom is -0.204 e. The van der Waals surface area contributed by atoms with E-state index in [1.54, 1.807) is 0 Å². The molecule has 0 spiro atoms. The maximum absolute atomic E-state index is 13.5. The van der Waals surface area contributed by atoms with Crippen molar-refractivity contribution in [1.82, 2.24) is 9.97 Å². The van der Waals surface area contributed by atoms with Crippen LogP contribution in [0, 0.1) is 46.5 Å². The van der Waals surface area contributed by atoms with Gasteiger partial charge in [0.1, 0.15) is 0 Å². The van der Waals surface area contributed by atoms with Crippen LogP contribution in [0.5, 0.6) is 0 Å². The molecule has 0 unspecified atom stereocenters. The normalized spacial score (nSPS) is 10.5. The lowest BCUT2D eigenvalue weighted by molar-refractivity contribution is 0.454. The summed E-state index contributed by atoms with van der Waals surface area (Å²) in [6.07, 6.45) is -0.722. The van der Waals surface area contributed by atoms with Crippen LogP contribution in [0.15, 0.2) is 6.07 Å². The molecule has 0 aliphatic heterocycles. The van der Waals surface area contributed by atoms with E-state index in [1.807, 2.05) is 0 Å². The quantitative estimate of drug-likeness (QED) is 0.487. The van der Waals surface area contributed by atoms with Gasteiger partial charge in [0.05, 0.1) is 23.6 Å². The molecule has 0 radical (unpaired) electrons. The van der Waals surface area contributed by atoms with Crippen molar-refractivity contribution in [3.05, 3.63) is 46.8 Å². The minimum absolute atomic E-state index is 0.0646. The van der Waals surface area contributed by atoms with Crippen molar-refractivity contribution < 1.29 is 26.3 Å². The summed E-state index contributed by atoms with van der Waals surface area (Å²) >= 11 is 0.